The molecule has 0 spiro atoms. The molecule has 0 unspecified atom stereocenters. The second kappa shape index (κ2) is 7.82. The van der Waals surface area contributed by atoms with Gasteiger partial charge in [0.1, 0.15) is 41.7 Å². The van der Waals surface area contributed by atoms with E-state index in [4.69, 9.17) is 14.2 Å². The lowest BCUT2D eigenvalue weighted by molar-refractivity contribution is -0.116. The lowest BCUT2D eigenvalue weighted by Crippen LogP contribution is -2.35. The van der Waals surface area contributed by atoms with E-state index in [1.54, 1.807) is 0 Å². The number of ether oxygens (including phenoxy) is 3. The number of phenolic OH excluding ortho intramolecular Hbond substituents is 3. The Morgan fingerprint density at radius 2 is 1.70 bits per heavy atom. The third-order valence-corrected chi connectivity index (χ3v) is 5.25. The second-order valence-corrected chi connectivity index (χ2v) is 7.30. The molecule has 2 heterocycles. The van der Waals surface area contributed by atoms with Gasteiger partial charge in [-0.1, -0.05) is 6.07 Å². The first-order valence-electron chi connectivity index (χ1n) is 9.30. The maximum Gasteiger partial charge on any atom is 0.229 e. The van der Waals surface area contributed by atoms with Crippen LogP contribution in [0.25, 0.3) is 0 Å². The van der Waals surface area contributed by atoms with E-state index in [-0.39, 0.29) is 35.2 Å². The summed E-state index contributed by atoms with van der Waals surface area (Å²) < 4.78 is 16.6. The van der Waals surface area contributed by atoms with E-state index in [0.29, 0.717) is 11.1 Å². The fraction of sp³-hybridized carbons (Fsp3) is 0.400. The maximum absolute atomic E-state index is 10.5. The molecule has 0 aromatic heterocycles. The van der Waals surface area contributed by atoms with Crippen LogP contribution in [-0.2, 0) is 11.2 Å². The Morgan fingerprint density at radius 3 is 2.37 bits per heavy atom. The van der Waals surface area contributed by atoms with E-state index >= 15 is 0 Å². The Hall–Kier alpha value is -2.76. The average Bonchev–Trinajstić information content (AvgIpc) is 2.98. The van der Waals surface area contributed by atoms with Crippen LogP contribution in [0.15, 0.2) is 30.3 Å². The van der Waals surface area contributed by atoms with Gasteiger partial charge in [0.2, 0.25) is 6.29 Å². The highest BCUT2D eigenvalue weighted by molar-refractivity contribution is 5.52. The summed E-state index contributed by atoms with van der Waals surface area (Å²) in [6.45, 7) is -0.504. The smallest absolute Gasteiger partial charge is 0.229 e. The van der Waals surface area contributed by atoms with Gasteiger partial charge in [-0.05, 0) is 17.7 Å². The van der Waals surface area contributed by atoms with Gasteiger partial charge in [0.25, 0.3) is 0 Å². The average molecular weight is 422 g/mol. The molecule has 0 radical (unpaired) electrons. The maximum atomic E-state index is 10.5. The van der Waals surface area contributed by atoms with Crippen molar-refractivity contribution in [2.45, 2.75) is 43.2 Å². The van der Waals surface area contributed by atoms with Crippen LogP contribution in [0.4, 0.5) is 0 Å². The molecule has 2 aromatic carbocycles. The van der Waals surface area contributed by atoms with E-state index in [1.165, 1.54) is 30.3 Å². The Kier molecular flexibility index (Phi) is 5.35. The molecule has 2 aliphatic rings. The summed E-state index contributed by atoms with van der Waals surface area (Å²) >= 11 is 0. The van der Waals surface area contributed by atoms with Crippen LogP contribution < -0.4 is 9.47 Å². The van der Waals surface area contributed by atoms with Gasteiger partial charge in [-0.3, -0.25) is 0 Å². The first kappa shape index (κ1) is 20.5. The number of aromatic hydroxyl groups is 3. The highest BCUT2D eigenvalue weighted by Gasteiger charge is 2.44. The Labute approximate surface area is 170 Å². The molecule has 30 heavy (non-hydrogen) atoms. The van der Waals surface area contributed by atoms with Crippen molar-refractivity contribution in [1.82, 2.24) is 0 Å². The van der Waals surface area contributed by atoms with Gasteiger partial charge in [0.15, 0.2) is 11.5 Å². The Balaban J connectivity index is 1.59. The minimum atomic E-state index is -1.41. The van der Waals surface area contributed by atoms with Crippen molar-refractivity contribution in [2.24, 2.45) is 0 Å². The van der Waals surface area contributed by atoms with Crippen molar-refractivity contribution < 1.29 is 50.0 Å². The summed E-state index contributed by atoms with van der Waals surface area (Å²) in [6.07, 6.45) is -6.86. The number of benzene rings is 2. The molecule has 7 N–H and O–H groups in total. The van der Waals surface area contributed by atoms with Crippen LogP contribution in [0.2, 0.25) is 0 Å². The molecule has 6 atom stereocenters. The third-order valence-electron chi connectivity index (χ3n) is 5.25. The lowest BCUT2D eigenvalue weighted by Gasteiger charge is -2.32. The molecule has 2 aromatic rings. The summed E-state index contributed by atoms with van der Waals surface area (Å²) in [5.41, 5.74) is 0.757. The molecule has 0 saturated carbocycles. The Morgan fingerprint density at radius 1 is 0.933 bits per heavy atom. The lowest BCUT2D eigenvalue weighted by atomic mass is 9.94. The van der Waals surface area contributed by atoms with Gasteiger partial charge in [-0.25, -0.2) is 0 Å². The summed E-state index contributed by atoms with van der Waals surface area (Å²) in [4.78, 5) is 0. The molecule has 2 aliphatic heterocycles. The van der Waals surface area contributed by atoms with Crippen molar-refractivity contribution in [3.63, 3.8) is 0 Å². The van der Waals surface area contributed by atoms with Crippen LogP contribution in [-0.4, -0.2) is 73.1 Å². The van der Waals surface area contributed by atoms with Crippen molar-refractivity contribution in [3.05, 3.63) is 41.5 Å². The van der Waals surface area contributed by atoms with Crippen LogP contribution in [0, 0.1) is 0 Å². The van der Waals surface area contributed by atoms with Crippen LogP contribution in [0.5, 0.6) is 28.7 Å². The van der Waals surface area contributed by atoms with Crippen molar-refractivity contribution in [1.29, 1.82) is 0 Å². The molecule has 0 aliphatic carbocycles. The number of rotatable bonds is 4. The van der Waals surface area contributed by atoms with E-state index in [1.807, 2.05) is 0 Å². The molecule has 0 amide bonds. The fourth-order valence-electron chi connectivity index (χ4n) is 3.62. The summed E-state index contributed by atoms with van der Waals surface area (Å²) in [7, 11) is 0. The molecule has 162 valence electrons. The normalized spacial score (nSPS) is 30.5. The first-order chi connectivity index (χ1) is 14.3. The predicted molar refractivity (Wildman–Crippen MR) is 99.3 cm³/mol. The molecule has 4 rings (SSSR count). The summed E-state index contributed by atoms with van der Waals surface area (Å²) in [6, 6.07) is 6.73. The minimum Gasteiger partial charge on any atom is -0.507 e. The number of aliphatic hydroxyl groups is 4. The van der Waals surface area contributed by atoms with E-state index in [2.05, 4.69) is 0 Å². The standard InChI is InChI=1S/C20H22O10/c21-7-16-17(26)18(27)20(30-16)28-9-4-12(23)10-6-14(25)19(29-15(10)5-9)8-1-2-11(22)13(24)3-8/h1-5,14,16-27H,6-7H2/t14-,16-,17+,18-,19+,20+/m1/s1. The van der Waals surface area contributed by atoms with Crippen molar-refractivity contribution >= 4 is 0 Å². The van der Waals surface area contributed by atoms with Gasteiger partial charge >= 0.3 is 0 Å². The number of fused-ring (bicyclic) bond motifs is 1. The number of hydrogen-bond acceptors (Lipinski definition) is 10. The molecule has 10 heteroatoms. The minimum absolute atomic E-state index is 0.0571. The van der Waals surface area contributed by atoms with Crippen LogP contribution in [0.3, 0.4) is 0 Å². The van der Waals surface area contributed by atoms with E-state index < -0.39 is 43.4 Å². The zero-order chi connectivity index (χ0) is 21.6. The molecular weight excluding hydrogens is 400 g/mol. The van der Waals surface area contributed by atoms with Gasteiger partial charge in [-0.2, -0.15) is 0 Å². The summed E-state index contributed by atoms with van der Waals surface area (Å²) in [5.74, 6) is -0.598. The third kappa shape index (κ3) is 3.59. The predicted octanol–water partition coefficient (Wildman–Crippen LogP) is -0.342. The first-order valence-corrected chi connectivity index (χ1v) is 9.30. The molecule has 1 saturated heterocycles. The fourth-order valence-corrected chi connectivity index (χ4v) is 3.62. The zero-order valence-corrected chi connectivity index (χ0v) is 15.6. The van der Waals surface area contributed by atoms with Gasteiger partial charge in [0.05, 0.1) is 12.7 Å². The van der Waals surface area contributed by atoms with Gasteiger partial charge < -0.3 is 50.0 Å². The van der Waals surface area contributed by atoms with E-state index in [9.17, 15) is 35.7 Å². The quantitative estimate of drug-likeness (QED) is 0.324. The molecule has 0 bridgehead atoms. The monoisotopic (exact) mass is 422 g/mol. The summed E-state index contributed by atoms with van der Waals surface area (Å²) in [5, 5.41) is 69.0. The zero-order valence-electron chi connectivity index (χ0n) is 15.6. The largest absolute Gasteiger partial charge is 0.507 e. The molecule has 1 fully saturated rings. The molecule has 10 nitrogen and oxygen atoms in total. The van der Waals surface area contributed by atoms with Crippen LogP contribution in [0.1, 0.15) is 17.2 Å². The van der Waals surface area contributed by atoms with Crippen molar-refractivity contribution in [2.75, 3.05) is 6.61 Å². The highest BCUT2D eigenvalue weighted by Crippen LogP contribution is 2.43. The number of phenols is 3. The molecular formula is C20H22O10. The van der Waals surface area contributed by atoms with Gasteiger partial charge in [0, 0.05) is 24.1 Å². The van der Waals surface area contributed by atoms with E-state index in [0.717, 1.165) is 0 Å². The van der Waals surface area contributed by atoms with Crippen LogP contribution >= 0.6 is 0 Å². The van der Waals surface area contributed by atoms with Gasteiger partial charge in [-0.15, -0.1) is 0 Å². The van der Waals surface area contributed by atoms with Crippen molar-refractivity contribution in [3.8, 4) is 28.7 Å². The number of aliphatic hydroxyl groups excluding tert-OH is 4. The Bertz CT molecular complexity index is 932. The highest BCUT2D eigenvalue weighted by atomic mass is 16.7. The topological polar surface area (TPSA) is 169 Å². The SMILES string of the molecule is OC[C@H]1O[C@H](Oc2cc(O)c3c(c2)O[C@@H](c2ccc(O)c(O)c2)[C@H](O)C3)[C@H](O)[C@H]1O. The second-order valence-electron chi connectivity index (χ2n) is 7.30. The number of hydrogen-bond donors (Lipinski definition) is 7.